The number of fused-ring (bicyclic) bond motifs is 3. The molecule has 4 aromatic rings. The first-order chi connectivity index (χ1) is 17.0. The van der Waals surface area contributed by atoms with Crippen LogP contribution in [0.5, 0.6) is 0 Å². The predicted octanol–water partition coefficient (Wildman–Crippen LogP) is 5.03. The third-order valence-corrected chi connectivity index (χ3v) is 7.58. The lowest BCUT2D eigenvalue weighted by molar-refractivity contribution is 0.0735. The van der Waals surface area contributed by atoms with Gasteiger partial charge in [-0.2, -0.15) is 0 Å². The third-order valence-electron chi connectivity index (χ3n) is 7.58. The molecule has 1 aliphatic heterocycles. The molecule has 1 saturated carbocycles. The van der Waals surface area contributed by atoms with Gasteiger partial charge >= 0.3 is 0 Å². The van der Waals surface area contributed by atoms with Crippen LogP contribution in [-0.2, 0) is 20.0 Å². The highest BCUT2D eigenvalue weighted by Gasteiger charge is 2.28. The number of carbonyl (C=O) groups is 1. The molecule has 2 aliphatic rings. The Bertz CT molecular complexity index is 1450. The number of alkyl halides is 1. The van der Waals surface area contributed by atoms with E-state index in [-0.39, 0.29) is 5.91 Å². The molecule has 0 N–H and O–H groups in total. The standard InChI is InChI=1S/C28H32FN5O/c1-31(2)23-7-4-6-20-15-25(34(26(20)23)17-18-8-9-18)27-30-22-16-21-19(14-24(22)32(27)3)10-13-33(28(21)35)12-5-11-29/h4,6-7,14-16,18H,5,8-13,17H2,1-3H3. The SMILES string of the molecule is CN(C)c1cccc2cc(-c3nc4cc5c(cc4n3C)CCN(CCCF)C5=O)n(CC3CC3)c12. The second-order valence-electron chi connectivity index (χ2n) is 10.3. The molecular weight excluding hydrogens is 441 g/mol. The highest BCUT2D eigenvalue weighted by Crippen LogP contribution is 2.39. The summed E-state index contributed by atoms with van der Waals surface area (Å²) in [6.45, 7) is 1.70. The largest absolute Gasteiger partial charge is 0.376 e. The lowest BCUT2D eigenvalue weighted by Gasteiger charge is -2.28. The molecule has 1 fully saturated rings. The Morgan fingerprint density at radius 1 is 1.17 bits per heavy atom. The number of anilines is 1. The van der Waals surface area contributed by atoms with Crippen molar-refractivity contribution >= 4 is 33.5 Å². The lowest BCUT2D eigenvalue weighted by atomic mass is 9.98. The van der Waals surface area contributed by atoms with Gasteiger partial charge in [0.25, 0.3) is 5.91 Å². The number of benzene rings is 2. The van der Waals surface area contributed by atoms with Crippen LogP contribution in [0.4, 0.5) is 10.1 Å². The minimum atomic E-state index is -0.399. The Hall–Kier alpha value is -3.35. The Labute approximate surface area is 204 Å². The molecule has 0 radical (unpaired) electrons. The molecule has 6 rings (SSSR count). The summed E-state index contributed by atoms with van der Waals surface area (Å²) in [5.41, 5.74) is 7.22. The number of aromatic nitrogens is 3. The van der Waals surface area contributed by atoms with Crippen molar-refractivity contribution < 1.29 is 9.18 Å². The van der Waals surface area contributed by atoms with Gasteiger partial charge in [-0.15, -0.1) is 0 Å². The average molecular weight is 474 g/mol. The molecule has 0 unspecified atom stereocenters. The van der Waals surface area contributed by atoms with Crippen molar-refractivity contribution in [3.63, 3.8) is 0 Å². The number of imidazole rings is 1. The molecule has 182 valence electrons. The molecule has 1 amide bonds. The topological polar surface area (TPSA) is 46.3 Å². The first kappa shape index (κ1) is 22.1. The van der Waals surface area contributed by atoms with E-state index in [1.165, 1.54) is 29.4 Å². The van der Waals surface area contributed by atoms with E-state index in [9.17, 15) is 9.18 Å². The molecule has 6 nitrogen and oxygen atoms in total. The number of halogens is 1. The number of hydrogen-bond acceptors (Lipinski definition) is 3. The molecule has 7 heteroatoms. The molecule has 2 aromatic carbocycles. The van der Waals surface area contributed by atoms with Gasteiger partial charge in [0.05, 0.1) is 34.6 Å². The van der Waals surface area contributed by atoms with Crippen LogP contribution in [0.3, 0.4) is 0 Å². The maximum absolute atomic E-state index is 13.1. The zero-order valence-corrected chi connectivity index (χ0v) is 20.7. The molecule has 0 saturated heterocycles. The molecule has 0 bridgehead atoms. The van der Waals surface area contributed by atoms with Gasteiger partial charge in [0.15, 0.2) is 5.82 Å². The summed E-state index contributed by atoms with van der Waals surface area (Å²) in [4.78, 5) is 22.1. The van der Waals surface area contributed by atoms with Crippen LogP contribution in [0.2, 0.25) is 0 Å². The maximum Gasteiger partial charge on any atom is 0.254 e. The zero-order valence-electron chi connectivity index (χ0n) is 20.7. The first-order valence-electron chi connectivity index (χ1n) is 12.6. The quantitative estimate of drug-likeness (QED) is 0.378. The van der Waals surface area contributed by atoms with Crippen LogP contribution < -0.4 is 4.90 Å². The minimum absolute atomic E-state index is 0.00715. The van der Waals surface area contributed by atoms with Gasteiger partial charge in [-0.3, -0.25) is 9.18 Å². The molecule has 0 atom stereocenters. The van der Waals surface area contributed by atoms with Crippen LogP contribution >= 0.6 is 0 Å². The Kier molecular flexibility index (Phi) is 5.31. The summed E-state index contributed by atoms with van der Waals surface area (Å²) in [6, 6.07) is 12.8. The van der Waals surface area contributed by atoms with Crippen LogP contribution in [0.1, 0.15) is 35.2 Å². The summed E-state index contributed by atoms with van der Waals surface area (Å²) in [5.74, 6) is 1.63. The van der Waals surface area contributed by atoms with Crippen LogP contribution in [0, 0.1) is 5.92 Å². The van der Waals surface area contributed by atoms with E-state index >= 15 is 0 Å². The van der Waals surface area contributed by atoms with Gasteiger partial charge in [0.2, 0.25) is 0 Å². The second-order valence-corrected chi connectivity index (χ2v) is 10.3. The van der Waals surface area contributed by atoms with Crippen molar-refractivity contribution in [1.29, 1.82) is 0 Å². The molecule has 0 spiro atoms. The Morgan fingerprint density at radius 3 is 2.74 bits per heavy atom. The molecule has 1 aliphatic carbocycles. The average Bonchev–Trinajstić information content (AvgIpc) is 3.52. The molecule has 3 heterocycles. The van der Waals surface area contributed by atoms with Crippen molar-refractivity contribution in [2.24, 2.45) is 13.0 Å². The van der Waals surface area contributed by atoms with Gasteiger partial charge < -0.3 is 18.9 Å². The monoisotopic (exact) mass is 473 g/mol. The summed E-state index contributed by atoms with van der Waals surface area (Å²) < 4.78 is 17.3. The lowest BCUT2D eigenvalue weighted by Crippen LogP contribution is -2.38. The number of amides is 1. The van der Waals surface area contributed by atoms with Gasteiger partial charge in [-0.25, -0.2) is 4.98 Å². The highest BCUT2D eigenvalue weighted by molar-refractivity contribution is 6.01. The smallest absolute Gasteiger partial charge is 0.254 e. The van der Waals surface area contributed by atoms with Crippen LogP contribution in [0.15, 0.2) is 36.4 Å². The van der Waals surface area contributed by atoms with Gasteiger partial charge in [0, 0.05) is 51.7 Å². The van der Waals surface area contributed by atoms with E-state index in [1.807, 2.05) is 6.07 Å². The van der Waals surface area contributed by atoms with Gasteiger partial charge in [0.1, 0.15) is 0 Å². The number of rotatable bonds is 7. The fraction of sp³-hybridized carbons (Fsp3) is 0.429. The zero-order chi connectivity index (χ0) is 24.3. The first-order valence-corrected chi connectivity index (χ1v) is 12.6. The molecule has 35 heavy (non-hydrogen) atoms. The Balaban J connectivity index is 1.49. The predicted molar refractivity (Wildman–Crippen MR) is 139 cm³/mol. The highest BCUT2D eigenvalue weighted by atomic mass is 19.1. The van der Waals surface area contributed by atoms with Crippen LogP contribution in [0.25, 0.3) is 33.5 Å². The Morgan fingerprint density at radius 2 is 2.00 bits per heavy atom. The van der Waals surface area contributed by atoms with Crippen molar-refractivity contribution in [1.82, 2.24) is 19.0 Å². The van der Waals surface area contributed by atoms with Crippen molar-refractivity contribution in [3.05, 3.63) is 47.5 Å². The molecule has 2 aromatic heterocycles. The third kappa shape index (κ3) is 3.68. The van der Waals surface area contributed by atoms with Gasteiger partial charge in [-0.1, -0.05) is 12.1 Å². The fourth-order valence-electron chi connectivity index (χ4n) is 5.51. The number of para-hydroxylation sites is 1. The second kappa shape index (κ2) is 8.40. The van der Waals surface area contributed by atoms with E-state index < -0.39 is 6.67 Å². The van der Waals surface area contributed by atoms with E-state index in [1.54, 1.807) is 4.90 Å². The van der Waals surface area contributed by atoms with E-state index in [4.69, 9.17) is 4.98 Å². The van der Waals surface area contributed by atoms with Crippen molar-refractivity contribution in [2.75, 3.05) is 38.8 Å². The van der Waals surface area contributed by atoms with E-state index in [0.717, 1.165) is 47.0 Å². The number of nitrogens with zero attached hydrogens (tertiary/aromatic N) is 5. The summed E-state index contributed by atoms with van der Waals surface area (Å²) >= 11 is 0. The molecular formula is C28H32FN5O. The summed E-state index contributed by atoms with van der Waals surface area (Å²) in [7, 11) is 6.26. The van der Waals surface area contributed by atoms with E-state index in [0.29, 0.717) is 25.1 Å². The fourth-order valence-corrected chi connectivity index (χ4v) is 5.51. The summed E-state index contributed by atoms with van der Waals surface area (Å²) in [6.07, 6.45) is 3.73. The maximum atomic E-state index is 13.1. The number of aryl methyl sites for hydroxylation is 1. The number of hydrogen-bond donors (Lipinski definition) is 0. The normalized spacial score (nSPS) is 15.9. The number of carbonyl (C=O) groups excluding carboxylic acids is 1. The minimum Gasteiger partial charge on any atom is -0.376 e. The van der Waals surface area contributed by atoms with Crippen LogP contribution in [-0.4, -0.2) is 58.8 Å². The van der Waals surface area contributed by atoms with Gasteiger partial charge in [-0.05, 0) is 61.4 Å². The summed E-state index contributed by atoms with van der Waals surface area (Å²) in [5, 5.41) is 1.22. The van der Waals surface area contributed by atoms with E-state index in [2.05, 4.69) is 65.5 Å². The van der Waals surface area contributed by atoms with Crippen molar-refractivity contribution in [3.8, 4) is 11.5 Å². The van der Waals surface area contributed by atoms with Crippen molar-refractivity contribution in [2.45, 2.75) is 32.2 Å².